The number of hydrogen-bond acceptors (Lipinski definition) is 1. The molecule has 0 unspecified atom stereocenters. The third kappa shape index (κ3) is 1.08. The van der Waals surface area contributed by atoms with Crippen LogP contribution in [0.2, 0.25) is 0 Å². The largest absolute Gasteiger partial charge is 0.399 e. The molecule has 80 valence electrons. The third-order valence-electron chi connectivity index (χ3n) is 3.50. The lowest BCUT2D eigenvalue weighted by molar-refractivity contribution is 1.90. The Morgan fingerprint density at radius 2 is 1.12 bits per heavy atom. The average Bonchev–Trinajstić information content (AvgIpc) is 2.97. The van der Waals surface area contributed by atoms with E-state index in [0.717, 1.165) is 5.69 Å². The molecule has 0 amide bonds. The van der Waals surface area contributed by atoms with Crippen LogP contribution in [0, 0.1) is 0 Å². The molecule has 0 radical (unpaired) electrons. The molecule has 0 saturated carbocycles. The van der Waals surface area contributed by atoms with Gasteiger partial charge in [-0.25, -0.2) is 0 Å². The van der Waals surface area contributed by atoms with E-state index in [1.807, 2.05) is 0 Å². The first-order valence-electron chi connectivity index (χ1n) is 5.76. The highest BCUT2D eigenvalue weighted by atomic mass is 14.5. The van der Waals surface area contributed by atoms with Crippen molar-refractivity contribution in [1.82, 2.24) is 0 Å². The van der Waals surface area contributed by atoms with E-state index in [0.29, 0.717) is 0 Å². The minimum absolute atomic E-state index is 0.844. The van der Waals surface area contributed by atoms with Gasteiger partial charge in [0.15, 0.2) is 0 Å². The Bertz CT molecular complexity index is 777. The smallest absolute Gasteiger partial charge is 0.0326 e. The van der Waals surface area contributed by atoms with Crippen LogP contribution >= 0.6 is 0 Å². The van der Waals surface area contributed by atoms with Gasteiger partial charge >= 0.3 is 0 Å². The van der Waals surface area contributed by atoms with E-state index in [-0.39, 0.29) is 0 Å². The Morgan fingerprint density at radius 1 is 0.588 bits per heavy atom. The molecule has 0 aliphatic carbocycles. The summed E-state index contributed by atoms with van der Waals surface area (Å²) in [4.78, 5) is 0. The second-order valence-electron chi connectivity index (χ2n) is 4.55. The van der Waals surface area contributed by atoms with Crippen LogP contribution < -0.4 is 5.73 Å². The fourth-order valence-corrected chi connectivity index (χ4v) is 2.75. The summed E-state index contributed by atoms with van der Waals surface area (Å²) >= 11 is 0. The zero-order chi connectivity index (χ0) is 11.4. The normalized spacial score (nSPS) is 11.8. The molecule has 0 bridgehead atoms. The summed E-state index contributed by atoms with van der Waals surface area (Å²) in [7, 11) is 0. The standard InChI is InChI=1S/C16H11N/c17-12-8-15-13-5-1-3-10(13)7-11-4-2-6-14(11)16(15)9-12/h1-9H,17H2. The average molecular weight is 217 g/mol. The molecule has 0 aliphatic heterocycles. The van der Waals surface area contributed by atoms with Crippen LogP contribution in [-0.2, 0) is 0 Å². The molecule has 0 heterocycles. The summed E-state index contributed by atoms with van der Waals surface area (Å²) in [6.45, 7) is 0. The van der Waals surface area contributed by atoms with Gasteiger partial charge in [-0.05, 0) is 50.5 Å². The Morgan fingerprint density at radius 3 is 1.65 bits per heavy atom. The maximum absolute atomic E-state index is 5.95. The molecule has 17 heavy (non-hydrogen) atoms. The predicted molar refractivity (Wildman–Crippen MR) is 74.6 cm³/mol. The van der Waals surface area contributed by atoms with Gasteiger partial charge in [0.25, 0.3) is 0 Å². The van der Waals surface area contributed by atoms with E-state index in [9.17, 15) is 0 Å². The lowest BCUT2D eigenvalue weighted by Gasteiger charge is -1.86. The highest BCUT2D eigenvalue weighted by Gasteiger charge is 2.06. The first-order valence-corrected chi connectivity index (χ1v) is 5.76. The molecular formula is C16H11N. The third-order valence-corrected chi connectivity index (χ3v) is 3.50. The Kier molecular flexibility index (Phi) is 1.50. The topological polar surface area (TPSA) is 26.0 Å². The van der Waals surface area contributed by atoms with Gasteiger partial charge in [-0.3, -0.25) is 0 Å². The molecule has 0 aliphatic rings. The van der Waals surface area contributed by atoms with Crippen molar-refractivity contribution in [3.05, 3.63) is 54.6 Å². The first-order chi connectivity index (χ1) is 8.33. The molecule has 4 rings (SSSR count). The lowest BCUT2D eigenvalue weighted by atomic mass is 10.2. The van der Waals surface area contributed by atoms with Crippen molar-refractivity contribution in [3.8, 4) is 0 Å². The van der Waals surface area contributed by atoms with Gasteiger partial charge in [0.05, 0.1) is 0 Å². The maximum Gasteiger partial charge on any atom is 0.0326 e. The van der Waals surface area contributed by atoms with E-state index in [2.05, 4.69) is 54.6 Å². The zero-order valence-electron chi connectivity index (χ0n) is 9.27. The van der Waals surface area contributed by atoms with Crippen molar-refractivity contribution < 1.29 is 0 Å². The van der Waals surface area contributed by atoms with Gasteiger partial charge in [0.2, 0.25) is 0 Å². The van der Waals surface area contributed by atoms with Crippen LogP contribution in [0.15, 0.2) is 54.6 Å². The molecule has 2 N–H and O–H groups in total. The minimum Gasteiger partial charge on any atom is -0.399 e. The quantitative estimate of drug-likeness (QED) is 0.470. The molecule has 4 aromatic carbocycles. The van der Waals surface area contributed by atoms with Crippen LogP contribution in [0.4, 0.5) is 5.69 Å². The Labute approximate surface area is 98.8 Å². The van der Waals surface area contributed by atoms with Crippen molar-refractivity contribution in [3.63, 3.8) is 0 Å². The number of rotatable bonds is 0. The van der Waals surface area contributed by atoms with Gasteiger partial charge < -0.3 is 5.73 Å². The van der Waals surface area contributed by atoms with E-state index in [4.69, 9.17) is 5.73 Å². The fraction of sp³-hybridized carbons (Fsp3) is 0. The monoisotopic (exact) mass is 217 g/mol. The van der Waals surface area contributed by atoms with E-state index >= 15 is 0 Å². The number of nitrogen functional groups attached to an aromatic ring is 1. The number of nitrogens with two attached hydrogens (primary N) is 1. The van der Waals surface area contributed by atoms with E-state index in [1.54, 1.807) is 0 Å². The molecule has 0 spiro atoms. The Hall–Kier alpha value is -2.28. The second kappa shape index (κ2) is 2.89. The fourth-order valence-electron chi connectivity index (χ4n) is 2.75. The Balaban J connectivity index is 2.47. The van der Waals surface area contributed by atoms with Crippen LogP contribution in [0.5, 0.6) is 0 Å². The summed E-state index contributed by atoms with van der Waals surface area (Å²) in [6, 6.07) is 19.2. The van der Waals surface area contributed by atoms with Gasteiger partial charge in [0.1, 0.15) is 0 Å². The van der Waals surface area contributed by atoms with Gasteiger partial charge in [-0.1, -0.05) is 36.4 Å². The maximum atomic E-state index is 5.95. The van der Waals surface area contributed by atoms with Gasteiger partial charge in [-0.15, -0.1) is 0 Å². The van der Waals surface area contributed by atoms with Crippen LogP contribution in [0.3, 0.4) is 0 Å². The van der Waals surface area contributed by atoms with Crippen molar-refractivity contribution in [2.75, 3.05) is 5.73 Å². The number of hydrogen-bond donors (Lipinski definition) is 1. The van der Waals surface area contributed by atoms with Gasteiger partial charge in [0, 0.05) is 5.69 Å². The molecule has 1 heteroatoms. The zero-order valence-corrected chi connectivity index (χ0v) is 9.27. The summed E-state index contributed by atoms with van der Waals surface area (Å²) in [6.07, 6.45) is 0. The highest BCUT2D eigenvalue weighted by molar-refractivity contribution is 6.19. The van der Waals surface area contributed by atoms with E-state index < -0.39 is 0 Å². The summed E-state index contributed by atoms with van der Waals surface area (Å²) < 4.78 is 0. The van der Waals surface area contributed by atoms with Crippen molar-refractivity contribution >= 4 is 38.0 Å². The second-order valence-corrected chi connectivity index (χ2v) is 4.55. The van der Waals surface area contributed by atoms with E-state index in [1.165, 1.54) is 32.3 Å². The van der Waals surface area contributed by atoms with Crippen molar-refractivity contribution in [2.45, 2.75) is 0 Å². The first kappa shape index (κ1) is 8.82. The van der Waals surface area contributed by atoms with Crippen LogP contribution in [0.25, 0.3) is 32.3 Å². The molecule has 0 aromatic heterocycles. The molecule has 0 saturated heterocycles. The lowest BCUT2D eigenvalue weighted by Crippen LogP contribution is -1.75. The number of fused-ring (bicyclic) bond motifs is 5. The van der Waals surface area contributed by atoms with Crippen LogP contribution in [-0.4, -0.2) is 0 Å². The molecule has 0 fully saturated rings. The minimum atomic E-state index is 0.844. The molecule has 1 nitrogen and oxygen atoms in total. The molecule has 4 aromatic rings. The number of anilines is 1. The van der Waals surface area contributed by atoms with Crippen molar-refractivity contribution in [2.24, 2.45) is 0 Å². The predicted octanol–water partition coefficient (Wildman–Crippen LogP) is 4.17. The highest BCUT2D eigenvalue weighted by Crippen LogP contribution is 2.34. The van der Waals surface area contributed by atoms with Crippen LogP contribution in [0.1, 0.15) is 0 Å². The van der Waals surface area contributed by atoms with Gasteiger partial charge in [-0.2, -0.15) is 0 Å². The SMILES string of the molecule is Nc1cc2c3cccc3cc3cccc3c2c1. The molecule has 0 atom stereocenters. The summed E-state index contributed by atoms with van der Waals surface area (Å²) in [5.41, 5.74) is 6.79. The summed E-state index contributed by atoms with van der Waals surface area (Å²) in [5.74, 6) is 0. The van der Waals surface area contributed by atoms with Crippen molar-refractivity contribution in [1.29, 1.82) is 0 Å². The molecular weight excluding hydrogens is 206 g/mol. The summed E-state index contributed by atoms with van der Waals surface area (Å²) in [5, 5.41) is 7.64.